The standard InChI is InChI=1S/C22H22N4O4/c27-22(28)8-2-1-5-15-23-20-13-14-21(19-7-4-3-6-18(19)20)25-24-16-9-11-17(12-10-16)26(29)30/h3-4,6-7,9-14,23H,1-2,5,8,15H2,(H,27,28). The average molecular weight is 406 g/mol. The number of fused-ring (bicyclic) bond motifs is 1. The van der Waals surface area contributed by atoms with Crippen molar-refractivity contribution in [2.24, 2.45) is 10.2 Å². The molecule has 30 heavy (non-hydrogen) atoms. The minimum absolute atomic E-state index is 0.0118. The maximum atomic E-state index is 10.7. The van der Waals surface area contributed by atoms with E-state index in [4.69, 9.17) is 5.11 Å². The van der Waals surface area contributed by atoms with Crippen molar-refractivity contribution >= 4 is 39.5 Å². The maximum Gasteiger partial charge on any atom is 0.303 e. The number of carboxylic acids is 1. The summed E-state index contributed by atoms with van der Waals surface area (Å²) in [6, 6.07) is 17.6. The van der Waals surface area contributed by atoms with E-state index in [1.807, 2.05) is 36.4 Å². The van der Waals surface area contributed by atoms with Crippen molar-refractivity contribution in [3.05, 3.63) is 70.8 Å². The third-order valence-corrected chi connectivity index (χ3v) is 4.62. The van der Waals surface area contributed by atoms with Crippen molar-refractivity contribution in [2.45, 2.75) is 25.7 Å². The molecule has 8 heteroatoms. The van der Waals surface area contributed by atoms with Gasteiger partial charge in [-0.1, -0.05) is 30.7 Å². The molecule has 0 aromatic heterocycles. The van der Waals surface area contributed by atoms with Crippen LogP contribution >= 0.6 is 0 Å². The Morgan fingerprint density at radius 3 is 2.37 bits per heavy atom. The van der Waals surface area contributed by atoms with Crippen molar-refractivity contribution in [3.63, 3.8) is 0 Å². The topological polar surface area (TPSA) is 117 Å². The summed E-state index contributed by atoms with van der Waals surface area (Å²) in [6.07, 6.45) is 2.64. The van der Waals surface area contributed by atoms with E-state index < -0.39 is 10.9 Å². The van der Waals surface area contributed by atoms with Gasteiger partial charge >= 0.3 is 5.97 Å². The van der Waals surface area contributed by atoms with Gasteiger partial charge in [0.25, 0.3) is 5.69 Å². The Bertz CT molecular complexity index is 1060. The summed E-state index contributed by atoms with van der Waals surface area (Å²) in [5.74, 6) is -0.757. The van der Waals surface area contributed by atoms with Crippen LogP contribution < -0.4 is 5.32 Å². The monoisotopic (exact) mass is 406 g/mol. The number of aliphatic carboxylic acids is 1. The Kier molecular flexibility index (Phi) is 7.05. The van der Waals surface area contributed by atoms with E-state index in [-0.39, 0.29) is 12.1 Å². The number of nitro groups is 1. The fourth-order valence-corrected chi connectivity index (χ4v) is 3.08. The lowest BCUT2D eigenvalue weighted by molar-refractivity contribution is -0.384. The van der Waals surface area contributed by atoms with Crippen LogP contribution in [0.3, 0.4) is 0 Å². The Hall–Kier alpha value is -3.81. The molecule has 0 atom stereocenters. The van der Waals surface area contributed by atoms with E-state index in [2.05, 4.69) is 15.5 Å². The SMILES string of the molecule is O=C(O)CCCCCNc1ccc(N=Nc2ccc([N+](=O)[O-])cc2)c2ccccc12. The summed E-state index contributed by atoms with van der Waals surface area (Å²) in [6.45, 7) is 0.757. The van der Waals surface area contributed by atoms with E-state index >= 15 is 0 Å². The van der Waals surface area contributed by atoms with Crippen molar-refractivity contribution in [3.8, 4) is 0 Å². The van der Waals surface area contributed by atoms with Gasteiger partial charge in [0.1, 0.15) is 0 Å². The number of carboxylic acid groups (broad SMARTS) is 1. The van der Waals surface area contributed by atoms with Crippen LogP contribution in [-0.2, 0) is 4.79 Å². The first kappa shape index (κ1) is 20.9. The van der Waals surface area contributed by atoms with Gasteiger partial charge in [-0.25, -0.2) is 0 Å². The molecule has 0 fully saturated rings. The van der Waals surface area contributed by atoms with Crippen LogP contribution in [0.15, 0.2) is 70.9 Å². The van der Waals surface area contributed by atoms with Crippen LogP contribution in [0.25, 0.3) is 10.8 Å². The fraction of sp³-hybridized carbons (Fsp3) is 0.227. The molecule has 0 amide bonds. The van der Waals surface area contributed by atoms with Crippen molar-refractivity contribution < 1.29 is 14.8 Å². The molecule has 0 heterocycles. The molecule has 0 saturated heterocycles. The highest BCUT2D eigenvalue weighted by molar-refractivity contribution is 6.00. The molecule has 154 valence electrons. The molecule has 0 bridgehead atoms. The van der Waals surface area contributed by atoms with Gasteiger partial charge < -0.3 is 10.4 Å². The van der Waals surface area contributed by atoms with Gasteiger partial charge in [-0.15, -0.1) is 5.11 Å². The third kappa shape index (κ3) is 5.60. The Morgan fingerprint density at radius 1 is 0.933 bits per heavy atom. The van der Waals surface area contributed by atoms with Crippen molar-refractivity contribution in [2.75, 3.05) is 11.9 Å². The van der Waals surface area contributed by atoms with Crippen LogP contribution in [0.2, 0.25) is 0 Å². The van der Waals surface area contributed by atoms with Gasteiger partial charge in [-0.05, 0) is 37.1 Å². The lowest BCUT2D eigenvalue weighted by Crippen LogP contribution is -2.02. The molecule has 3 rings (SSSR count). The van der Waals surface area contributed by atoms with Crippen LogP contribution in [0.5, 0.6) is 0 Å². The number of nitrogens with zero attached hydrogens (tertiary/aromatic N) is 3. The Morgan fingerprint density at radius 2 is 1.67 bits per heavy atom. The van der Waals surface area contributed by atoms with Crippen LogP contribution in [-0.4, -0.2) is 22.5 Å². The molecule has 0 unspecified atom stereocenters. The fourth-order valence-electron chi connectivity index (χ4n) is 3.08. The molecule has 0 saturated carbocycles. The normalized spacial score (nSPS) is 11.1. The second-order valence-corrected chi connectivity index (χ2v) is 6.78. The minimum atomic E-state index is -0.757. The number of nitro benzene ring substituents is 1. The average Bonchev–Trinajstić information content (AvgIpc) is 2.75. The van der Waals surface area contributed by atoms with Crippen molar-refractivity contribution in [1.82, 2.24) is 0 Å². The molecule has 3 aromatic rings. The molecule has 3 aromatic carbocycles. The Balaban J connectivity index is 1.70. The van der Waals surface area contributed by atoms with Gasteiger partial charge in [-0.3, -0.25) is 14.9 Å². The predicted octanol–water partition coefficient (Wildman–Crippen LogP) is 6.22. The number of unbranched alkanes of at least 4 members (excludes halogenated alkanes) is 2. The number of azo groups is 1. The highest BCUT2D eigenvalue weighted by atomic mass is 16.6. The molecule has 0 aliphatic heterocycles. The van der Waals surface area contributed by atoms with E-state index in [1.165, 1.54) is 12.1 Å². The Labute approximate surface area is 173 Å². The molecular formula is C22H22N4O4. The third-order valence-electron chi connectivity index (χ3n) is 4.62. The van der Waals surface area contributed by atoms with E-state index in [0.29, 0.717) is 17.8 Å². The van der Waals surface area contributed by atoms with Crippen LogP contribution in [0.4, 0.5) is 22.7 Å². The number of benzene rings is 3. The molecule has 0 aliphatic rings. The number of hydrogen-bond acceptors (Lipinski definition) is 6. The molecule has 2 N–H and O–H groups in total. The zero-order valence-corrected chi connectivity index (χ0v) is 16.3. The molecular weight excluding hydrogens is 384 g/mol. The highest BCUT2D eigenvalue weighted by Gasteiger charge is 2.06. The lowest BCUT2D eigenvalue weighted by atomic mass is 10.1. The van der Waals surface area contributed by atoms with E-state index in [9.17, 15) is 14.9 Å². The van der Waals surface area contributed by atoms with Gasteiger partial charge in [0.15, 0.2) is 0 Å². The van der Waals surface area contributed by atoms with Crippen molar-refractivity contribution in [1.29, 1.82) is 0 Å². The number of non-ortho nitro benzene ring substituents is 1. The summed E-state index contributed by atoms with van der Waals surface area (Å²) in [4.78, 5) is 20.9. The number of nitrogens with one attached hydrogen (secondary N) is 1. The largest absolute Gasteiger partial charge is 0.481 e. The molecule has 0 aliphatic carbocycles. The maximum absolute atomic E-state index is 10.7. The first-order valence-corrected chi connectivity index (χ1v) is 9.68. The summed E-state index contributed by atoms with van der Waals surface area (Å²) in [5, 5.41) is 33.3. The quantitative estimate of drug-likeness (QED) is 0.179. The first-order valence-electron chi connectivity index (χ1n) is 9.68. The zero-order chi connectivity index (χ0) is 21.3. The van der Waals surface area contributed by atoms with Crippen LogP contribution in [0, 0.1) is 10.1 Å². The van der Waals surface area contributed by atoms with Crippen LogP contribution in [0.1, 0.15) is 25.7 Å². The number of anilines is 1. The summed E-state index contributed by atoms with van der Waals surface area (Å²) < 4.78 is 0. The minimum Gasteiger partial charge on any atom is -0.481 e. The summed E-state index contributed by atoms with van der Waals surface area (Å²) in [5.41, 5.74) is 2.24. The first-order chi connectivity index (χ1) is 14.5. The van der Waals surface area contributed by atoms with Gasteiger partial charge in [0.2, 0.25) is 0 Å². The molecule has 8 nitrogen and oxygen atoms in total. The number of hydrogen-bond donors (Lipinski definition) is 2. The lowest BCUT2D eigenvalue weighted by Gasteiger charge is -2.11. The second kappa shape index (κ2) is 10.1. The predicted molar refractivity (Wildman–Crippen MR) is 116 cm³/mol. The number of carbonyl (C=O) groups is 1. The van der Waals surface area contributed by atoms with E-state index in [0.717, 1.165) is 35.8 Å². The van der Waals surface area contributed by atoms with Gasteiger partial charge in [0.05, 0.1) is 16.3 Å². The van der Waals surface area contributed by atoms with Gasteiger partial charge in [-0.2, -0.15) is 5.11 Å². The number of rotatable bonds is 10. The second-order valence-electron chi connectivity index (χ2n) is 6.78. The van der Waals surface area contributed by atoms with E-state index in [1.54, 1.807) is 12.1 Å². The molecule has 0 spiro atoms. The summed E-state index contributed by atoms with van der Waals surface area (Å²) in [7, 11) is 0. The smallest absolute Gasteiger partial charge is 0.303 e. The summed E-state index contributed by atoms with van der Waals surface area (Å²) >= 11 is 0. The zero-order valence-electron chi connectivity index (χ0n) is 16.3. The molecule has 0 radical (unpaired) electrons. The van der Waals surface area contributed by atoms with Gasteiger partial charge in [0, 0.05) is 41.6 Å². The highest BCUT2D eigenvalue weighted by Crippen LogP contribution is 2.33.